The molecule has 0 saturated carbocycles. The van der Waals surface area contributed by atoms with Crippen molar-refractivity contribution in [2.75, 3.05) is 11.4 Å². The normalized spacial score (nSPS) is 18.6. The highest BCUT2D eigenvalue weighted by Crippen LogP contribution is 2.49. The molecule has 3 aromatic rings. The zero-order valence-electron chi connectivity index (χ0n) is 16.4. The van der Waals surface area contributed by atoms with Crippen molar-refractivity contribution in [1.29, 1.82) is 0 Å². The van der Waals surface area contributed by atoms with E-state index in [0.29, 0.717) is 17.0 Å². The average molecular weight is 407 g/mol. The van der Waals surface area contributed by atoms with Crippen molar-refractivity contribution in [3.8, 4) is 5.75 Å². The molecule has 5 nitrogen and oxygen atoms in total. The molecular formula is C23H21NO4S. The number of amides is 1. The van der Waals surface area contributed by atoms with Crippen molar-refractivity contribution in [1.82, 2.24) is 0 Å². The first-order chi connectivity index (χ1) is 13.8. The van der Waals surface area contributed by atoms with Gasteiger partial charge in [-0.1, -0.05) is 48.0 Å². The first-order valence-corrected chi connectivity index (χ1v) is 10.6. The number of carbonyl (C=O) groups is 1. The Labute approximate surface area is 170 Å². The molecule has 1 aliphatic rings. The molecule has 4 rings (SSSR count). The number of carbonyl (C=O) groups excluding carboxylic acids is 1. The topological polar surface area (TPSA) is 63.7 Å². The molecule has 1 atom stereocenters. The summed E-state index contributed by atoms with van der Waals surface area (Å²) >= 11 is 0. The van der Waals surface area contributed by atoms with Crippen molar-refractivity contribution < 1.29 is 17.9 Å². The molecule has 1 unspecified atom stereocenters. The Morgan fingerprint density at radius 3 is 2.21 bits per heavy atom. The Bertz CT molecular complexity index is 1190. The van der Waals surface area contributed by atoms with Crippen LogP contribution in [0.3, 0.4) is 0 Å². The fourth-order valence-corrected chi connectivity index (χ4v) is 5.26. The van der Waals surface area contributed by atoms with Crippen LogP contribution in [-0.4, -0.2) is 21.4 Å². The van der Waals surface area contributed by atoms with Gasteiger partial charge in [0.15, 0.2) is 0 Å². The third-order valence-electron chi connectivity index (χ3n) is 5.48. The molecular weight excluding hydrogens is 386 g/mol. The third kappa shape index (κ3) is 2.83. The Balaban J connectivity index is 1.96. The molecule has 0 aliphatic carbocycles. The van der Waals surface area contributed by atoms with Crippen molar-refractivity contribution in [3.63, 3.8) is 0 Å². The maximum atomic E-state index is 13.7. The third-order valence-corrected chi connectivity index (χ3v) is 7.19. The van der Waals surface area contributed by atoms with Crippen LogP contribution in [0.4, 0.5) is 5.69 Å². The lowest BCUT2D eigenvalue weighted by atomic mass is 9.77. The van der Waals surface area contributed by atoms with E-state index in [2.05, 4.69) is 0 Å². The number of nitrogens with zero attached hydrogens (tertiary/aromatic N) is 1. The van der Waals surface area contributed by atoms with E-state index in [-0.39, 0.29) is 4.90 Å². The van der Waals surface area contributed by atoms with Gasteiger partial charge < -0.3 is 4.74 Å². The summed E-state index contributed by atoms with van der Waals surface area (Å²) < 4.78 is 33.2. The van der Waals surface area contributed by atoms with Gasteiger partial charge in [-0.25, -0.2) is 12.7 Å². The number of anilines is 1. The van der Waals surface area contributed by atoms with Gasteiger partial charge in [-0.2, -0.15) is 0 Å². The van der Waals surface area contributed by atoms with Gasteiger partial charge in [-0.3, -0.25) is 4.79 Å². The number of methoxy groups -OCH3 is 1. The Morgan fingerprint density at radius 2 is 1.59 bits per heavy atom. The molecule has 6 heteroatoms. The van der Waals surface area contributed by atoms with Gasteiger partial charge in [0, 0.05) is 5.56 Å². The predicted molar refractivity (Wildman–Crippen MR) is 112 cm³/mol. The van der Waals surface area contributed by atoms with Gasteiger partial charge in [-0.15, -0.1) is 0 Å². The lowest BCUT2D eigenvalue weighted by molar-refractivity contribution is -0.120. The highest BCUT2D eigenvalue weighted by molar-refractivity contribution is 7.93. The highest BCUT2D eigenvalue weighted by atomic mass is 32.2. The largest absolute Gasteiger partial charge is 0.497 e. The fourth-order valence-electron chi connectivity index (χ4n) is 3.75. The first kappa shape index (κ1) is 19.2. The number of fused-ring (bicyclic) bond motifs is 1. The van der Waals surface area contributed by atoms with E-state index >= 15 is 0 Å². The summed E-state index contributed by atoms with van der Waals surface area (Å²) in [4.78, 5) is 13.8. The minimum absolute atomic E-state index is 0.0792. The monoisotopic (exact) mass is 407 g/mol. The van der Waals surface area contributed by atoms with Crippen LogP contribution in [0.5, 0.6) is 5.75 Å². The molecule has 1 heterocycles. The minimum atomic E-state index is -4.07. The fraction of sp³-hybridized carbons (Fsp3) is 0.174. The first-order valence-electron chi connectivity index (χ1n) is 9.20. The van der Waals surface area contributed by atoms with Gasteiger partial charge in [-0.05, 0) is 49.7 Å². The molecule has 0 saturated heterocycles. The smallest absolute Gasteiger partial charge is 0.270 e. The van der Waals surface area contributed by atoms with E-state index in [4.69, 9.17) is 4.74 Å². The van der Waals surface area contributed by atoms with Crippen molar-refractivity contribution in [3.05, 3.63) is 89.5 Å². The summed E-state index contributed by atoms with van der Waals surface area (Å²) in [5.74, 6) is 0.0563. The van der Waals surface area contributed by atoms with Crippen LogP contribution in [0.2, 0.25) is 0 Å². The molecule has 0 fully saturated rings. The van der Waals surface area contributed by atoms with Crippen LogP contribution in [0, 0.1) is 6.92 Å². The SMILES string of the molecule is COc1ccc2c(c1)C(C)(c1ccccc1)C(=O)N2S(=O)(=O)c1ccc(C)cc1. The molecule has 1 aliphatic heterocycles. The lowest BCUT2D eigenvalue weighted by Crippen LogP contribution is -2.42. The number of rotatable bonds is 4. The molecule has 148 valence electrons. The van der Waals surface area contributed by atoms with E-state index in [0.717, 1.165) is 15.4 Å². The van der Waals surface area contributed by atoms with Crippen LogP contribution in [0.15, 0.2) is 77.7 Å². The summed E-state index contributed by atoms with van der Waals surface area (Å²) in [5, 5.41) is 0. The number of hydrogen-bond donors (Lipinski definition) is 0. The van der Waals surface area contributed by atoms with E-state index in [1.807, 2.05) is 37.3 Å². The van der Waals surface area contributed by atoms with E-state index < -0.39 is 21.3 Å². The second-order valence-corrected chi connectivity index (χ2v) is 9.05. The molecule has 1 amide bonds. The van der Waals surface area contributed by atoms with Gasteiger partial charge in [0.1, 0.15) is 5.75 Å². The van der Waals surface area contributed by atoms with E-state index in [1.54, 1.807) is 44.4 Å². The second kappa shape index (κ2) is 6.74. The summed E-state index contributed by atoms with van der Waals surface area (Å²) in [6.45, 7) is 3.64. The van der Waals surface area contributed by atoms with E-state index in [1.165, 1.54) is 12.1 Å². The number of aryl methyl sites for hydroxylation is 1. The zero-order valence-corrected chi connectivity index (χ0v) is 17.2. The van der Waals surface area contributed by atoms with Crippen LogP contribution in [0.25, 0.3) is 0 Å². The zero-order chi connectivity index (χ0) is 20.8. The van der Waals surface area contributed by atoms with Gasteiger partial charge in [0.25, 0.3) is 15.9 Å². The Kier molecular flexibility index (Phi) is 4.46. The molecule has 0 aromatic heterocycles. The molecule has 0 spiro atoms. The Hall–Kier alpha value is -3.12. The van der Waals surface area contributed by atoms with Crippen LogP contribution in [0.1, 0.15) is 23.6 Å². The molecule has 3 aromatic carbocycles. The molecule has 29 heavy (non-hydrogen) atoms. The lowest BCUT2D eigenvalue weighted by Gasteiger charge is -2.25. The van der Waals surface area contributed by atoms with Crippen molar-refractivity contribution in [2.45, 2.75) is 24.2 Å². The number of benzene rings is 3. The quantitative estimate of drug-likeness (QED) is 0.655. The van der Waals surface area contributed by atoms with Crippen LogP contribution >= 0.6 is 0 Å². The number of sulfonamides is 1. The summed E-state index contributed by atoms with van der Waals surface area (Å²) in [6.07, 6.45) is 0. The molecule has 0 radical (unpaired) electrons. The van der Waals surface area contributed by atoms with Gasteiger partial charge in [0.05, 0.1) is 23.1 Å². The average Bonchev–Trinajstić information content (AvgIpc) is 2.97. The van der Waals surface area contributed by atoms with Crippen LogP contribution in [-0.2, 0) is 20.2 Å². The maximum absolute atomic E-state index is 13.7. The standard InChI is InChI=1S/C23H21NO4S/c1-16-9-12-19(13-10-16)29(26,27)24-21-14-11-18(28-3)15-20(21)23(2,22(24)25)17-7-5-4-6-8-17/h4-15H,1-3H3. The van der Waals surface area contributed by atoms with Crippen LogP contribution < -0.4 is 9.04 Å². The van der Waals surface area contributed by atoms with Gasteiger partial charge >= 0.3 is 0 Å². The maximum Gasteiger partial charge on any atom is 0.270 e. The number of ether oxygens (including phenoxy) is 1. The minimum Gasteiger partial charge on any atom is -0.497 e. The van der Waals surface area contributed by atoms with Crippen molar-refractivity contribution in [2.24, 2.45) is 0 Å². The molecule has 0 N–H and O–H groups in total. The summed E-state index contributed by atoms with van der Waals surface area (Å²) in [6, 6.07) is 20.7. The second-order valence-electron chi connectivity index (χ2n) is 7.26. The predicted octanol–water partition coefficient (Wildman–Crippen LogP) is 4.05. The number of hydrogen-bond acceptors (Lipinski definition) is 4. The Morgan fingerprint density at radius 1 is 0.931 bits per heavy atom. The summed E-state index contributed by atoms with van der Waals surface area (Å²) in [7, 11) is -2.53. The van der Waals surface area contributed by atoms with E-state index in [9.17, 15) is 13.2 Å². The highest BCUT2D eigenvalue weighted by Gasteiger charge is 2.53. The summed E-state index contributed by atoms with van der Waals surface area (Å²) in [5.41, 5.74) is 1.46. The molecule has 0 bridgehead atoms. The van der Waals surface area contributed by atoms with Crippen molar-refractivity contribution >= 4 is 21.6 Å². The van der Waals surface area contributed by atoms with Gasteiger partial charge in [0.2, 0.25) is 0 Å².